The first kappa shape index (κ1) is 15.8. The summed E-state index contributed by atoms with van der Waals surface area (Å²) in [7, 11) is 1.76. The highest BCUT2D eigenvalue weighted by molar-refractivity contribution is 6.11. The van der Waals surface area contributed by atoms with E-state index in [0.717, 1.165) is 5.69 Å². The molecule has 2 aromatic carbocycles. The van der Waals surface area contributed by atoms with Crippen molar-refractivity contribution in [3.05, 3.63) is 59.7 Å². The number of carbonyl (C=O) groups excluding carboxylic acids is 2. The van der Waals surface area contributed by atoms with Gasteiger partial charge in [0.25, 0.3) is 5.91 Å². The van der Waals surface area contributed by atoms with Gasteiger partial charge in [0.15, 0.2) is 5.78 Å². The molecule has 0 radical (unpaired) electrons. The summed E-state index contributed by atoms with van der Waals surface area (Å²) in [4.78, 5) is 26.2. The first-order chi connectivity index (χ1) is 10.6. The van der Waals surface area contributed by atoms with Gasteiger partial charge in [0, 0.05) is 30.5 Å². The Balaban J connectivity index is 2.46. The van der Waals surface area contributed by atoms with E-state index in [4.69, 9.17) is 0 Å². The largest absolute Gasteiger partial charge is 0.387 e. The minimum absolute atomic E-state index is 0.0561. The van der Waals surface area contributed by atoms with Crippen molar-refractivity contribution in [3.8, 4) is 0 Å². The number of nitrogens with zero attached hydrogens (tertiary/aromatic N) is 1. The fraction of sp³-hybridized carbons (Fsp3) is 0.222. The molecule has 0 aromatic heterocycles. The summed E-state index contributed by atoms with van der Waals surface area (Å²) in [6.07, 6.45) is 0. The third-order valence-corrected chi connectivity index (χ3v) is 3.56. The van der Waals surface area contributed by atoms with E-state index in [-0.39, 0.29) is 11.7 Å². The Labute approximate surface area is 130 Å². The molecule has 0 heterocycles. The molecule has 0 spiro atoms. The van der Waals surface area contributed by atoms with Crippen LogP contribution < -0.4 is 10.2 Å². The first-order valence-electron chi connectivity index (χ1n) is 7.28. The molecule has 0 unspecified atom stereocenters. The minimum Gasteiger partial charge on any atom is -0.387 e. The summed E-state index contributed by atoms with van der Waals surface area (Å²) >= 11 is 0. The van der Waals surface area contributed by atoms with E-state index in [2.05, 4.69) is 5.32 Å². The Hall–Kier alpha value is -2.62. The van der Waals surface area contributed by atoms with Crippen LogP contribution in [0, 0.1) is 0 Å². The number of Topliss-reactive ketones (excluding diaryl/α,β-unsaturated/α-hetero) is 1. The van der Waals surface area contributed by atoms with E-state index in [1.165, 1.54) is 6.92 Å². The van der Waals surface area contributed by atoms with E-state index in [9.17, 15) is 9.59 Å². The highest BCUT2D eigenvalue weighted by Crippen LogP contribution is 2.23. The topological polar surface area (TPSA) is 49.4 Å². The van der Waals surface area contributed by atoms with Gasteiger partial charge in [0.05, 0.1) is 5.56 Å². The zero-order chi connectivity index (χ0) is 16.1. The van der Waals surface area contributed by atoms with Gasteiger partial charge in [-0.3, -0.25) is 9.59 Å². The second-order valence-electron chi connectivity index (χ2n) is 4.95. The smallest absolute Gasteiger partial charge is 0.260 e. The minimum atomic E-state index is -0.124. The maximum atomic E-state index is 12.9. The third-order valence-electron chi connectivity index (χ3n) is 3.56. The molecule has 0 saturated heterocycles. The number of para-hydroxylation sites is 1. The van der Waals surface area contributed by atoms with Crippen LogP contribution in [0.5, 0.6) is 0 Å². The number of amides is 1. The average molecular weight is 296 g/mol. The van der Waals surface area contributed by atoms with Gasteiger partial charge in [0.2, 0.25) is 0 Å². The molecule has 22 heavy (non-hydrogen) atoms. The number of hydrogen-bond donors (Lipinski definition) is 1. The molecule has 2 rings (SSSR count). The summed E-state index contributed by atoms with van der Waals surface area (Å²) < 4.78 is 0. The van der Waals surface area contributed by atoms with Crippen molar-refractivity contribution in [2.75, 3.05) is 23.8 Å². The van der Waals surface area contributed by atoms with Crippen LogP contribution in [0.2, 0.25) is 0 Å². The normalized spacial score (nSPS) is 10.1. The Kier molecular flexibility index (Phi) is 4.94. The Bertz CT molecular complexity index is 681. The summed E-state index contributed by atoms with van der Waals surface area (Å²) in [6.45, 7) is 3.98. The molecule has 0 saturated carbocycles. The standard InChI is InChI=1S/C18H20N2O2/c1-4-20(15-8-6-5-7-9-15)18(22)16-12-14(13(2)21)10-11-17(16)19-3/h5-12,19H,4H2,1-3H3. The zero-order valence-electron chi connectivity index (χ0n) is 13.1. The van der Waals surface area contributed by atoms with E-state index < -0.39 is 0 Å². The summed E-state index contributed by atoms with van der Waals surface area (Å²) in [6, 6.07) is 14.7. The average Bonchev–Trinajstić information content (AvgIpc) is 2.55. The van der Waals surface area contributed by atoms with E-state index >= 15 is 0 Å². The van der Waals surface area contributed by atoms with Crippen molar-refractivity contribution in [1.82, 2.24) is 0 Å². The van der Waals surface area contributed by atoms with Gasteiger partial charge < -0.3 is 10.2 Å². The molecule has 0 aliphatic rings. The highest BCUT2D eigenvalue weighted by atomic mass is 16.2. The number of rotatable bonds is 5. The van der Waals surface area contributed by atoms with Crippen LogP contribution in [0.15, 0.2) is 48.5 Å². The number of ketones is 1. The predicted octanol–water partition coefficient (Wildman–Crippen LogP) is 3.60. The first-order valence-corrected chi connectivity index (χ1v) is 7.28. The molecule has 4 heteroatoms. The number of anilines is 2. The molecule has 0 aliphatic carbocycles. The molecule has 1 N–H and O–H groups in total. The lowest BCUT2D eigenvalue weighted by Crippen LogP contribution is -2.31. The van der Waals surface area contributed by atoms with Crippen molar-refractivity contribution in [1.29, 1.82) is 0 Å². The number of carbonyl (C=O) groups is 2. The van der Waals surface area contributed by atoms with Gasteiger partial charge in [-0.2, -0.15) is 0 Å². The van der Waals surface area contributed by atoms with Crippen LogP contribution in [0.1, 0.15) is 34.6 Å². The third kappa shape index (κ3) is 3.17. The maximum Gasteiger partial charge on any atom is 0.260 e. The fourth-order valence-electron chi connectivity index (χ4n) is 2.35. The van der Waals surface area contributed by atoms with Gasteiger partial charge in [-0.05, 0) is 44.2 Å². The highest BCUT2D eigenvalue weighted by Gasteiger charge is 2.20. The maximum absolute atomic E-state index is 12.9. The molecule has 0 bridgehead atoms. The summed E-state index contributed by atoms with van der Waals surface area (Å²) in [5.74, 6) is -0.180. The Morgan fingerprint density at radius 1 is 1.09 bits per heavy atom. The Morgan fingerprint density at radius 3 is 2.32 bits per heavy atom. The molecule has 0 aliphatic heterocycles. The molecular formula is C18H20N2O2. The molecule has 114 valence electrons. The van der Waals surface area contributed by atoms with E-state index in [1.54, 1.807) is 30.1 Å². The molecule has 0 atom stereocenters. The Morgan fingerprint density at radius 2 is 1.77 bits per heavy atom. The second kappa shape index (κ2) is 6.89. The number of hydrogen-bond acceptors (Lipinski definition) is 3. The van der Waals surface area contributed by atoms with Crippen LogP contribution in [0.25, 0.3) is 0 Å². The van der Waals surface area contributed by atoms with Gasteiger partial charge in [-0.25, -0.2) is 0 Å². The van der Waals surface area contributed by atoms with Crippen molar-refractivity contribution >= 4 is 23.1 Å². The SMILES string of the molecule is CCN(C(=O)c1cc(C(C)=O)ccc1NC)c1ccccc1. The van der Waals surface area contributed by atoms with Crippen molar-refractivity contribution in [3.63, 3.8) is 0 Å². The van der Waals surface area contributed by atoms with Crippen LogP contribution in [-0.4, -0.2) is 25.3 Å². The molecule has 2 aromatic rings. The lowest BCUT2D eigenvalue weighted by Gasteiger charge is -2.22. The molecule has 0 fully saturated rings. The van der Waals surface area contributed by atoms with Crippen LogP contribution in [0.4, 0.5) is 11.4 Å². The molecule has 1 amide bonds. The van der Waals surface area contributed by atoms with Gasteiger partial charge in [-0.15, -0.1) is 0 Å². The van der Waals surface area contributed by atoms with Crippen molar-refractivity contribution < 1.29 is 9.59 Å². The second-order valence-corrected chi connectivity index (χ2v) is 4.95. The van der Waals surface area contributed by atoms with Crippen LogP contribution in [0.3, 0.4) is 0 Å². The number of benzene rings is 2. The van der Waals surface area contributed by atoms with E-state index in [0.29, 0.717) is 23.4 Å². The van der Waals surface area contributed by atoms with E-state index in [1.807, 2.05) is 37.3 Å². The van der Waals surface area contributed by atoms with Crippen molar-refractivity contribution in [2.24, 2.45) is 0 Å². The van der Waals surface area contributed by atoms with Crippen LogP contribution in [-0.2, 0) is 0 Å². The summed E-state index contributed by atoms with van der Waals surface area (Å²) in [5, 5.41) is 3.01. The quantitative estimate of drug-likeness (QED) is 0.858. The zero-order valence-corrected chi connectivity index (χ0v) is 13.1. The van der Waals surface area contributed by atoms with Gasteiger partial charge in [0.1, 0.15) is 0 Å². The fourth-order valence-corrected chi connectivity index (χ4v) is 2.35. The predicted molar refractivity (Wildman–Crippen MR) is 89.8 cm³/mol. The van der Waals surface area contributed by atoms with Gasteiger partial charge in [-0.1, -0.05) is 18.2 Å². The van der Waals surface area contributed by atoms with Crippen molar-refractivity contribution in [2.45, 2.75) is 13.8 Å². The lowest BCUT2D eigenvalue weighted by atomic mass is 10.0. The summed E-state index contributed by atoms with van der Waals surface area (Å²) in [5.41, 5.74) is 2.59. The number of nitrogens with one attached hydrogen (secondary N) is 1. The molecule has 4 nitrogen and oxygen atoms in total. The van der Waals surface area contributed by atoms with Gasteiger partial charge >= 0.3 is 0 Å². The lowest BCUT2D eigenvalue weighted by molar-refractivity contribution is 0.0989. The van der Waals surface area contributed by atoms with Crippen LogP contribution >= 0.6 is 0 Å². The monoisotopic (exact) mass is 296 g/mol. The molecular weight excluding hydrogens is 276 g/mol.